The summed E-state index contributed by atoms with van der Waals surface area (Å²) in [5.74, 6) is -0.0432. The Bertz CT molecular complexity index is 1290. The predicted molar refractivity (Wildman–Crippen MR) is 125 cm³/mol. The molecule has 2 aliphatic rings. The number of ether oxygens (including phenoxy) is 1. The van der Waals surface area contributed by atoms with E-state index in [-0.39, 0.29) is 12.5 Å². The number of nitrogens with two attached hydrogens (primary N) is 1. The minimum Gasteiger partial charge on any atom is -0.489 e. The number of imide groups is 1. The van der Waals surface area contributed by atoms with Gasteiger partial charge in [-0.05, 0) is 43.2 Å². The van der Waals surface area contributed by atoms with Crippen LogP contribution in [0, 0.1) is 6.92 Å². The van der Waals surface area contributed by atoms with Gasteiger partial charge < -0.3 is 20.7 Å². The van der Waals surface area contributed by atoms with Gasteiger partial charge in [0.2, 0.25) is 5.91 Å². The first-order valence-electron chi connectivity index (χ1n) is 11.1. The fourth-order valence-electron chi connectivity index (χ4n) is 4.58. The normalized spacial score (nSPS) is 22.2. The van der Waals surface area contributed by atoms with E-state index < -0.39 is 23.5 Å². The topological polar surface area (TPSA) is 127 Å². The molecule has 2 aromatic carbocycles. The minimum absolute atomic E-state index is 0.0931. The van der Waals surface area contributed by atoms with Crippen molar-refractivity contribution in [2.45, 2.75) is 31.5 Å². The van der Waals surface area contributed by atoms with Gasteiger partial charge in [0, 0.05) is 23.2 Å². The van der Waals surface area contributed by atoms with Crippen molar-refractivity contribution in [3.05, 3.63) is 71.4 Å². The van der Waals surface area contributed by atoms with Crippen LogP contribution in [0.5, 0.6) is 5.75 Å². The zero-order chi connectivity index (χ0) is 23.9. The SMILES string of the molecule is Cc1cc(COc2ccc(C3(N)CCN(CC4NC(=O)NC4=O)C3=O)cc2)c2ccccc2n1. The number of rotatable bonds is 6. The van der Waals surface area contributed by atoms with Gasteiger partial charge in [-0.25, -0.2) is 4.79 Å². The second-order valence-corrected chi connectivity index (χ2v) is 8.74. The van der Waals surface area contributed by atoms with Crippen molar-refractivity contribution in [3.8, 4) is 5.75 Å². The van der Waals surface area contributed by atoms with E-state index in [4.69, 9.17) is 10.5 Å². The molecule has 9 nitrogen and oxygen atoms in total. The summed E-state index contributed by atoms with van der Waals surface area (Å²) in [6, 6.07) is 15.9. The number of amides is 4. The molecule has 2 saturated heterocycles. The highest BCUT2D eigenvalue weighted by Gasteiger charge is 2.46. The summed E-state index contributed by atoms with van der Waals surface area (Å²) < 4.78 is 6.02. The van der Waals surface area contributed by atoms with Crippen LogP contribution in [0.3, 0.4) is 0 Å². The van der Waals surface area contributed by atoms with E-state index in [9.17, 15) is 14.4 Å². The number of fused-ring (bicyclic) bond motifs is 1. The summed E-state index contributed by atoms with van der Waals surface area (Å²) in [5, 5.41) is 5.74. The third-order valence-corrected chi connectivity index (χ3v) is 6.40. The fraction of sp³-hybridized carbons (Fsp3) is 0.280. The quantitative estimate of drug-likeness (QED) is 0.482. The number of benzene rings is 2. The highest BCUT2D eigenvalue weighted by atomic mass is 16.5. The maximum absolute atomic E-state index is 13.1. The molecule has 3 heterocycles. The summed E-state index contributed by atoms with van der Waals surface area (Å²) in [4.78, 5) is 42.3. The van der Waals surface area contributed by atoms with Gasteiger partial charge in [-0.3, -0.25) is 19.9 Å². The lowest BCUT2D eigenvalue weighted by molar-refractivity contribution is -0.133. The van der Waals surface area contributed by atoms with Crippen molar-refractivity contribution in [2.75, 3.05) is 13.1 Å². The maximum atomic E-state index is 13.1. The molecule has 2 atom stereocenters. The molecule has 1 aromatic heterocycles. The summed E-state index contributed by atoms with van der Waals surface area (Å²) in [5.41, 5.74) is 8.92. The van der Waals surface area contributed by atoms with Gasteiger partial charge in [0.25, 0.3) is 5.91 Å². The Morgan fingerprint density at radius 3 is 2.65 bits per heavy atom. The predicted octanol–water partition coefficient (Wildman–Crippen LogP) is 1.72. The number of nitrogens with one attached hydrogen (secondary N) is 2. The Hall–Kier alpha value is -3.98. The van der Waals surface area contributed by atoms with E-state index in [1.807, 2.05) is 37.3 Å². The zero-order valence-electron chi connectivity index (χ0n) is 18.7. The molecule has 0 bridgehead atoms. The van der Waals surface area contributed by atoms with E-state index in [0.29, 0.717) is 30.9 Å². The lowest BCUT2D eigenvalue weighted by atomic mass is 9.89. The molecule has 0 spiro atoms. The number of aromatic nitrogens is 1. The van der Waals surface area contributed by atoms with Crippen LogP contribution < -0.4 is 21.1 Å². The van der Waals surface area contributed by atoms with Crippen LogP contribution in [0.1, 0.15) is 23.2 Å². The second kappa shape index (κ2) is 8.42. The maximum Gasteiger partial charge on any atom is 0.322 e. The molecule has 5 rings (SSSR count). The molecule has 4 N–H and O–H groups in total. The Labute approximate surface area is 196 Å². The molecule has 174 valence electrons. The van der Waals surface area contributed by atoms with Crippen molar-refractivity contribution < 1.29 is 19.1 Å². The molecular formula is C25H25N5O4. The van der Waals surface area contributed by atoms with Crippen molar-refractivity contribution in [1.82, 2.24) is 20.5 Å². The molecule has 2 unspecified atom stereocenters. The Morgan fingerprint density at radius 2 is 1.91 bits per heavy atom. The lowest BCUT2D eigenvalue weighted by Crippen LogP contribution is -2.48. The number of pyridine rings is 1. The number of carbonyl (C=O) groups is 3. The minimum atomic E-state index is -1.18. The van der Waals surface area contributed by atoms with Crippen LogP contribution in [0.4, 0.5) is 4.79 Å². The number of likely N-dealkylation sites (tertiary alicyclic amines) is 1. The highest BCUT2D eigenvalue weighted by molar-refractivity contribution is 6.04. The van der Waals surface area contributed by atoms with E-state index in [0.717, 1.165) is 22.2 Å². The first-order valence-corrected chi connectivity index (χ1v) is 11.1. The average molecular weight is 460 g/mol. The van der Waals surface area contributed by atoms with Crippen LogP contribution in [-0.4, -0.2) is 46.9 Å². The third kappa shape index (κ3) is 3.94. The fourth-order valence-corrected chi connectivity index (χ4v) is 4.58. The van der Waals surface area contributed by atoms with Crippen molar-refractivity contribution in [1.29, 1.82) is 0 Å². The summed E-state index contributed by atoms with van der Waals surface area (Å²) >= 11 is 0. The molecular weight excluding hydrogens is 434 g/mol. The molecule has 3 aromatic rings. The molecule has 0 aliphatic carbocycles. The van der Waals surface area contributed by atoms with Crippen molar-refractivity contribution in [2.24, 2.45) is 5.73 Å². The Balaban J connectivity index is 1.27. The Kier molecular flexibility index (Phi) is 5.41. The second-order valence-electron chi connectivity index (χ2n) is 8.74. The van der Waals surface area contributed by atoms with Gasteiger partial charge in [-0.2, -0.15) is 0 Å². The van der Waals surface area contributed by atoms with Crippen molar-refractivity contribution >= 4 is 28.7 Å². The van der Waals surface area contributed by atoms with Crippen LogP contribution in [0.15, 0.2) is 54.6 Å². The summed E-state index contributed by atoms with van der Waals surface area (Å²) in [6.45, 7) is 2.84. The molecule has 0 radical (unpaired) electrons. The summed E-state index contributed by atoms with van der Waals surface area (Å²) in [6.07, 6.45) is 0.413. The zero-order valence-corrected chi connectivity index (χ0v) is 18.7. The number of aryl methyl sites for hydroxylation is 1. The Morgan fingerprint density at radius 1 is 1.15 bits per heavy atom. The largest absolute Gasteiger partial charge is 0.489 e. The number of urea groups is 1. The smallest absolute Gasteiger partial charge is 0.322 e. The van der Waals surface area contributed by atoms with Crippen LogP contribution >= 0.6 is 0 Å². The highest BCUT2D eigenvalue weighted by Crippen LogP contribution is 2.32. The van der Waals surface area contributed by atoms with E-state index in [1.165, 1.54) is 4.90 Å². The number of nitrogens with zero attached hydrogens (tertiary/aromatic N) is 2. The van der Waals surface area contributed by atoms with Gasteiger partial charge in [0.15, 0.2) is 0 Å². The monoisotopic (exact) mass is 459 g/mol. The van der Waals surface area contributed by atoms with Crippen LogP contribution in [0.25, 0.3) is 10.9 Å². The van der Waals surface area contributed by atoms with E-state index in [2.05, 4.69) is 15.6 Å². The van der Waals surface area contributed by atoms with Gasteiger partial charge in [-0.1, -0.05) is 30.3 Å². The van der Waals surface area contributed by atoms with E-state index in [1.54, 1.807) is 24.3 Å². The number of carbonyl (C=O) groups excluding carboxylic acids is 3. The van der Waals surface area contributed by atoms with Gasteiger partial charge in [-0.15, -0.1) is 0 Å². The standard InChI is InChI=1S/C25H25N5O4/c1-15-12-16(19-4-2-3-5-20(19)27-15)14-34-18-8-6-17(7-9-18)25(26)10-11-30(23(25)32)13-21-22(31)29-24(33)28-21/h2-9,12,21H,10-11,13-14,26H2,1H3,(H2,28,29,31,33). The number of para-hydroxylation sites is 1. The number of hydrogen-bond acceptors (Lipinski definition) is 6. The van der Waals surface area contributed by atoms with Gasteiger partial charge in [0.05, 0.1) is 12.1 Å². The van der Waals surface area contributed by atoms with Gasteiger partial charge in [0.1, 0.15) is 23.9 Å². The summed E-state index contributed by atoms with van der Waals surface area (Å²) in [7, 11) is 0. The molecule has 0 saturated carbocycles. The van der Waals surface area contributed by atoms with Gasteiger partial charge >= 0.3 is 6.03 Å². The molecule has 9 heteroatoms. The van der Waals surface area contributed by atoms with Crippen molar-refractivity contribution in [3.63, 3.8) is 0 Å². The first-order chi connectivity index (χ1) is 16.3. The third-order valence-electron chi connectivity index (χ3n) is 6.40. The number of hydrogen-bond donors (Lipinski definition) is 3. The molecule has 34 heavy (non-hydrogen) atoms. The molecule has 4 amide bonds. The molecule has 2 aliphatic heterocycles. The lowest BCUT2D eigenvalue weighted by Gasteiger charge is -2.25. The first kappa shape index (κ1) is 21.8. The van der Waals surface area contributed by atoms with Crippen LogP contribution in [-0.2, 0) is 21.7 Å². The average Bonchev–Trinajstić information content (AvgIpc) is 3.30. The molecule has 2 fully saturated rings. The van der Waals surface area contributed by atoms with E-state index >= 15 is 0 Å². The van der Waals surface area contributed by atoms with Crippen LogP contribution in [0.2, 0.25) is 0 Å².